The molecule has 0 fully saturated rings. The Bertz CT molecular complexity index is 433. The van der Waals surface area contributed by atoms with E-state index >= 15 is 0 Å². The number of benzene rings is 1. The molecular weight excluding hydrogens is 244 g/mol. The highest BCUT2D eigenvalue weighted by Gasteiger charge is 2.14. The molecule has 5 heteroatoms. The molecule has 1 aromatic rings. The molecule has 0 saturated carbocycles. The number of carbonyl (C=O) groups excluding carboxylic acids is 1. The average molecular weight is 266 g/mol. The van der Waals surface area contributed by atoms with Crippen molar-refractivity contribution in [3.05, 3.63) is 23.8 Å². The summed E-state index contributed by atoms with van der Waals surface area (Å²) in [4.78, 5) is 11.0. The number of amides is 1. The summed E-state index contributed by atoms with van der Waals surface area (Å²) in [5.74, 6) is 0.609. The molecule has 2 atom stereocenters. The number of rotatable bonds is 7. The van der Waals surface area contributed by atoms with E-state index in [-0.39, 0.29) is 6.04 Å². The SMILES string of the molecule is CCOc1cc(CC(C)N)ccc1OC(C)C(N)=O. The van der Waals surface area contributed by atoms with Gasteiger partial charge in [-0.25, -0.2) is 0 Å². The van der Waals surface area contributed by atoms with E-state index in [2.05, 4.69) is 0 Å². The highest BCUT2D eigenvalue weighted by Crippen LogP contribution is 2.29. The van der Waals surface area contributed by atoms with Gasteiger partial charge in [0.1, 0.15) is 0 Å². The molecule has 106 valence electrons. The van der Waals surface area contributed by atoms with Crippen LogP contribution in [0.2, 0.25) is 0 Å². The van der Waals surface area contributed by atoms with E-state index in [1.54, 1.807) is 13.0 Å². The van der Waals surface area contributed by atoms with Gasteiger partial charge in [0.15, 0.2) is 17.6 Å². The van der Waals surface area contributed by atoms with Gasteiger partial charge in [0, 0.05) is 6.04 Å². The zero-order valence-electron chi connectivity index (χ0n) is 11.7. The second kappa shape index (κ2) is 6.99. The standard InChI is InChI=1S/C14H22N2O3/c1-4-18-13-8-11(7-9(2)15)5-6-12(13)19-10(3)14(16)17/h5-6,8-10H,4,7,15H2,1-3H3,(H2,16,17). The number of hydrogen-bond acceptors (Lipinski definition) is 4. The van der Waals surface area contributed by atoms with Crippen LogP contribution in [0.4, 0.5) is 0 Å². The number of nitrogens with two attached hydrogens (primary N) is 2. The maximum Gasteiger partial charge on any atom is 0.258 e. The smallest absolute Gasteiger partial charge is 0.258 e. The van der Waals surface area contributed by atoms with Crippen LogP contribution in [-0.4, -0.2) is 24.7 Å². The van der Waals surface area contributed by atoms with Crippen LogP contribution in [-0.2, 0) is 11.2 Å². The molecule has 0 aliphatic rings. The van der Waals surface area contributed by atoms with Gasteiger partial charge in [-0.2, -0.15) is 0 Å². The van der Waals surface area contributed by atoms with Crippen molar-refractivity contribution in [2.45, 2.75) is 39.3 Å². The third-order valence-corrected chi connectivity index (χ3v) is 2.57. The molecule has 2 unspecified atom stereocenters. The third-order valence-electron chi connectivity index (χ3n) is 2.57. The van der Waals surface area contributed by atoms with E-state index in [0.717, 1.165) is 12.0 Å². The number of hydrogen-bond donors (Lipinski definition) is 2. The highest BCUT2D eigenvalue weighted by molar-refractivity contribution is 5.78. The fourth-order valence-corrected chi connectivity index (χ4v) is 1.67. The van der Waals surface area contributed by atoms with Gasteiger partial charge in [0.25, 0.3) is 5.91 Å². The van der Waals surface area contributed by atoms with Gasteiger partial charge in [-0.05, 0) is 44.9 Å². The third kappa shape index (κ3) is 4.79. The summed E-state index contributed by atoms with van der Waals surface area (Å²) < 4.78 is 11.0. The maximum absolute atomic E-state index is 11.0. The molecular formula is C14H22N2O3. The Morgan fingerprint density at radius 3 is 2.53 bits per heavy atom. The molecule has 0 aromatic heterocycles. The molecule has 0 spiro atoms. The minimum atomic E-state index is -0.696. The Balaban J connectivity index is 2.93. The lowest BCUT2D eigenvalue weighted by molar-refractivity contribution is -0.124. The predicted octanol–water partition coefficient (Wildman–Crippen LogP) is 1.23. The Morgan fingerprint density at radius 2 is 2.00 bits per heavy atom. The quantitative estimate of drug-likeness (QED) is 0.777. The summed E-state index contributed by atoms with van der Waals surface area (Å²) >= 11 is 0. The van der Waals surface area contributed by atoms with Crippen LogP contribution in [0, 0.1) is 0 Å². The second-order valence-corrected chi connectivity index (χ2v) is 4.56. The average Bonchev–Trinajstić information content (AvgIpc) is 2.31. The molecule has 0 aliphatic heterocycles. The van der Waals surface area contributed by atoms with E-state index < -0.39 is 12.0 Å². The Labute approximate surface area is 113 Å². The van der Waals surface area contributed by atoms with Gasteiger partial charge in [-0.1, -0.05) is 6.07 Å². The molecule has 5 nitrogen and oxygen atoms in total. The van der Waals surface area contributed by atoms with E-state index in [1.165, 1.54) is 0 Å². The van der Waals surface area contributed by atoms with Crippen molar-refractivity contribution in [2.75, 3.05) is 6.61 Å². The van der Waals surface area contributed by atoms with Crippen LogP contribution in [0.1, 0.15) is 26.3 Å². The summed E-state index contributed by atoms with van der Waals surface area (Å²) in [7, 11) is 0. The normalized spacial score (nSPS) is 13.7. The lowest BCUT2D eigenvalue weighted by Gasteiger charge is -2.16. The molecule has 4 N–H and O–H groups in total. The van der Waals surface area contributed by atoms with Gasteiger partial charge in [-0.15, -0.1) is 0 Å². The predicted molar refractivity (Wildman–Crippen MR) is 74.2 cm³/mol. The Hall–Kier alpha value is -1.75. The number of primary amides is 1. The molecule has 0 aliphatic carbocycles. The molecule has 1 amide bonds. The van der Waals surface area contributed by atoms with Crippen molar-refractivity contribution in [3.8, 4) is 11.5 Å². The second-order valence-electron chi connectivity index (χ2n) is 4.56. The van der Waals surface area contributed by atoms with Crippen molar-refractivity contribution in [3.63, 3.8) is 0 Å². The molecule has 0 saturated heterocycles. The summed E-state index contributed by atoms with van der Waals surface area (Å²) in [6.07, 6.45) is 0.0598. The minimum absolute atomic E-state index is 0.0748. The zero-order valence-corrected chi connectivity index (χ0v) is 11.7. The van der Waals surface area contributed by atoms with Crippen LogP contribution in [0.3, 0.4) is 0 Å². The lowest BCUT2D eigenvalue weighted by Crippen LogP contribution is -2.30. The summed E-state index contributed by atoms with van der Waals surface area (Å²) in [6, 6.07) is 5.65. The van der Waals surface area contributed by atoms with E-state index in [0.29, 0.717) is 18.1 Å². The molecule has 1 aromatic carbocycles. The van der Waals surface area contributed by atoms with Gasteiger partial charge < -0.3 is 20.9 Å². The molecule has 0 radical (unpaired) electrons. The molecule has 19 heavy (non-hydrogen) atoms. The molecule has 0 heterocycles. The molecule has 1 rings (SSSR count). The van der Waals surface area contributed by atoms with E-state index in [1.807, 2.05) is 26.0 Å². The maximum atomic E-state index is 11.0. The van der Waals surface area contributed by atoms with Gasteiger partial charge in [0.2, 0.25) is 0 Å². The minimum Gasteiger partial charge on any atom is -0.490 e. The Morgan fingerprint density at radius 1 is 1.32 bits per heavy atom. The van der Waals surface area contributed by atoms with Gasteiger partial charge >= 0.3 is 0 Å². The monoisotopic (exact) mass is 266 g/mol. The fraction of sp³-hybridized carbons (Fsp3) is 0.500. The highest BCUT2D eigenvalue weighted by atomic mass is 16.5. The van der Waals surface area contributed by atoms with Crippen molar-refractivity contribution in [1.82, 2.24) is 0 Å². The molecule has 0 bridgehead atoms. The van der Waals surface area contributed by atoms with Crippen LogP contribution in [0.15, 0.2) is 18.2 Å². The number of carbonyl (C=O) groups is 1. The number of ether oxygens (including phenoxy) is 2. The first kappa shape index (κ1) is 15.3. The summed E-state index contributed by atoms with van der Waals surface area (Å²) in [5, 5.41) is 0. The topological polar surface area (TPSA) is 87.6 Å². The van der Waals surface area contributed by atoms with E-state index in [4.69, 9.17) is 20.9 Å². The van der Waals surface area contributed by atoms with Crippen molar-refractivity contribution in [2.24, 2.45) is 11.5 Å². The van der Waals surface area contributed by atoms with Gasteiger partial charge in [0.05, 0.1) is 6.61 Å². The van der Waals surface area contributed by atoms with Crippen LogP contribution in [0.25, 0.3) is 0 Å². The van der Waals surface area contributed by atoms with Crippen molar-refractivity contribution in [1.29, 1.82) is 0 Å². The fourth-order valence-electron chi connectivity index (χ4n) is 1.67. The summed E-state index contributed by atoms with van der Waals surface area (Å²) in [5.41, 5.74) is 12.0. The van der Waals surface area contributed by atoms with E-state index in [9.17, 15) is 4.79 Å². The van der Waals surface area contributed by atoms with Crippen LogP contribution >= 0.6 is 0 Å². The Kier molecular flexibility index (Phi) is 5.63. The first-order valence-electron chi connectivity index (χ1n) is 6.41. The van der Waals surface area contributed by atoms with Crippen LogP contribution in [0.5, 0.6) is 11.5 Å². The summed E-state index contributed by atoms with van der Waals surface area (Å²) in [6.45, 7) is 5.95. The van der Waals surface area contributed by atoms with Crippen LogP contribution < -0.4 is 20.9 Å². The first-order valence-corrected chi connectivity index (χ1v) is 6.41. The van der Waals surface area contributed by atoms with Crippen molar-refractivity contribution >= 4 is 5.91 Å². The first-order chi connectivity index (χ1) is 8.93. The largest absolute Gasteiger partial charge is 0.490 e. The zero-order chi connectivity index (χ0) is 14.4. The van der Waals surface area contributed by atoms with Crippen molar-refractivity contribution < 1.29 is 14.3 Å². The lowest BCUT2D eigenvalue weighted by atomic mass is 10.1. The van der Waals surface area contributed by atoms with Gasteiger partial charge in [-0.3, -0.25) is 4.79 Å².